The molecule has 0 fully saturated rings. The third-order valence-electron chi connectivity index (χ3n) is 3.21. The number of rotatable bonds is 5. The Bertz CT molecular complexity index is 870. The highest BCUT2D eigenvalue weighted by atomic mass is 35.5. The third-order valence-corrected chi connectivity index (χ3v) is 4.48. The molecule has 1 aromatic carbocycles. The number of halogens is 1. The van der Waals surface area contributed by atoms with Crippen LogP contribution in [0.25, 0.3) is 5.69 Å². The molecule has 0 atom stereocenters. The van der Waals surface area contributed by atoms with Crippen molar-refractivity contribution >= 4 is 29.5 Å². The van der Waals surface area contributed by atoms with Crippen LogP contribution in [0.1, 0.15) is 5.69 Å². The second kappa shape index (κ2) is 8.04. The van der Waals surface area contributed by atoms with Gasteiger partial charge >= 0.3 is 6.09 Å². The Hall–Kier alpha value is -2.51. The number of nitrogens with one attached hydrogen (secondary N) is 1. The summed E-state index contributed by atoms with van der Waals surface area (Å²) in [7, 11) is 1.51. The highest BCUT2D eigenvalue weighted by molar-refractivity contribution is 7.99. The van der Waals surface area contributed by atoms with Crippen LogP contribution in [-0.2, 0) is 11.3 Å². The van der Waals surface area contributed by atoms with Gasteiger partial charge in [-0.15, -0.1) is 0 Å². The van der Waals surface area contributed by atoms with E-state index in [4.69, 9.17) is 16.3 Å². The van der Waals surface area contributed by atoms with E-state index in [1.54, 1.807) is 16.9 Å². The molecule has 8 heteroatoms. The second-order valence-electron chi connectivity index (χ2n) is 4.93. The summed E-state index contributed by atoms with van der Waals surface area (Å²) in [5.74, 6) is 0. The van der Waals surface area contributed by atoms with Gasteiger partial charge in [-0.25, -0.2) is 14.5 Å². The number of carbonyl (C=O) groups excluding carboxylic acids is 1. The van der Waals surface area contributed by atoms with Crippen molar-refractivity contribution in [3.05, 3.63) is 65.4 Å². The molecule has 2 aromatic heterocycles. The van der Waals surface area contributed by atoms with Gasteiger partial charge in [0.15, 0.2) is 0 Å². The fourth-order valence-electron chi connectivity index (χ4n) is 2.08. The Morgan fingerprint density at radius 2 is 2.08 bits per heavy atom. The minimum absolute atomic E-state index is 0.0624. The summed E-state index contributed by atoms with van der Waals surface area (Å²) < 4.78 is 6.80. The number of benzene rings is 1. The smallest absolute Gasteiger partial charge is 0.407 e. The highest BCUT2D eigenvalue weighted by Crippen LogP contribution is 2.31. The van der Waals surface area contributed by atoms with Crippen molar-refractivity contribution in [1.29, 1.82) is 0 Å². The first-order valence-electron chi connectivity index (χ1n) is 7.44. The van der Waals surface area contributed by atoms with Crippen molar-refractivity contribution in [3.8, 4) is 5.69 Å². The van der Waals surface area contributed by atoms with E-state index in [1.165, 1.54) is 18.8 Å². The molecule has 0 saturated carbocycles. The zero-order valence-corrected chi connectivity index (χ0v) is 14.9. The van der Waals surface area contributed by atoms with Crippen LogP contribution in [0.5, 0.6) is 0 Å². The molecule has 2 heterocycles. The summed E-state index contributed by atoms with van der Waals surface area (Å²) in [5, 5.41) is 9.15. The van der Waals surface area contributed by atoms with Gasteiger partial charge in [0.1, 0.15) is 22.4 Å². The van der Waals surface area contributed by atoms with Crippen LogP contribution in [0.4, 0.5) is 4.79 Å². The molecule has 0 aliphatic rings. The van der Waals surface area contributed by atoms with Crippen LogP contribution < -0.4 is 5.32 Å². The lowest BCUT2D eigenvalue weighted by molar-refractivity contribution is 0.140. The molecular formula is C17H15ClN4O2S. The maximum absolute atomic E-state index is 11.3. The number of hydrogen-bond acceptors (Lipinski definition) is 5. The monoisotopic (exact) mass is 374 g/mol. The number of hydrogen-bond donors (Lipinski definition) is 1. The normalized spacial score (nSPS) is 10.5. The Morgan fingerprint density at radius 3 is 2.80 bits per heavy atom. The first-order chi connectivity index (χ1) is 12.2. The van der Waals surface area contributed by atoms with Crippen molar-refractivity contribution in [2.75, 3.05) is 7.05 Å². The van der Waals surface area contributed by atoms with Gasteiger partial charge in [-0.3, -0.25) is 0 Å². The highest BCUT2D eigenvalue weighted by Gasteiger charge is 2.15. The number of pyridine rings is 1. The van der Waals surface area contributed by atoms with Gasteiger partial charge in [-0.05, 0) is 42.1 Å². The third kappa shape index (κ3) is 4.32. The average molecular weight is 375 g/mol. The molecule has 0 spiro atoms. The second-order valence-corrected chi connectivity index (χ2v) is 6.38. The number of aromatic nitrogens is 3. The Kier molecular flexibility index (Phi) is 5.57. The lowest BCUT2D eigenvalue weighted by Crippen LogP contribution is -2.19. The summed E-state index contributed by atoms with van der Waals surface area (Å²) >= 11 is 7.77. The average Bonchev–Trinajstić information content (AvgIpc) is 3.03. The molecule has 0 bridgehead atoms. The number of ether oxygens (including phenoxy) is 1. The minimum Gasteiger partial charge on any atom is -0.443 e. The first-order valence-corrected chi connectivity index (χ1v) is 8.64. The molecule has 0 aliphatic heterocycles. The van der Waals surface area contributed by atoms with Crippen LogP contribution in [0.2, 0.25) is 5.02 Å². The lowest BCUT2D eigenvalue weighted by Gasteiger charge is -2.08. The van der Waals surface area contributed by atoms with Crippen molar-refractivity contribution < 1.29 is 9.53 Å². The maximum atomic E-state index is 11.3. The Morgan fingerprint density at radius 1 is 1.28 bits per heavy atom. The standard InChI is InChI=1S/C17H15ClN4O2S/c1-19-17(23)24-11-12-10-16(25-15-8-4-5-9-20-15)22(21-12)14-7-3-2-6-13(14)18/h2-10H,11H2,1H3,(H,19,23). The molecule has 3 rings (SSSR count). The number of carbonyl (C=O) groups is 1. The van der Waals surface area contributed by atoms with Gasteiger partial charge in [0.2, 0.25) is 0 Å². The SMILES string of the molecule is CNC(=O)OCc1cc(Sc2ccccn2)n(-c2ccccc2Cl)n1. The summed E-state index contributed by atoms with van der Waals surface area (Å²) in [5.41, 5.74) is 1.36. The summed E-state index contributed by atoms with van der Waals surface area (Å²) in [4.78, 5) is 15.6. The largest absolute Gasteiger partial charge is 0.443 e. The quantitative estimate of drug-likeness (QED) is 0.732. The molecule has 3 aromatic rings. The van der Waals surface area contributed by atoms with Crippen molar-refractivity contribution in [2.45, 2.75) is 16.7 Å². The van der Waals surface area contributed by atoms with E-state index < -0.39 is 6.09 Å². The number of amides is 1. The molecule has 0 unspecified atom stereocenters. The van der Waals surface area contributed by atoms with E-state index in [2.05, 4.69) is 15.4 Å². The molecule has 1 N–H and O–H groups in total. The van der Waals surface area contributed by atoms with Crippen molar-refractivity contribution in [2.24, 2.45) is 0 Å². The van der Waals surface area contributed by atoms with Crippen LogP contribution >= 0.6 is 23.4 Å². The van der Waals surface area contributed by atoms with Gasteiger partial charge in [-0.2, -0.15) is 5.10 Å². The molecule has 1 amide bonds. The molecule has 0 aliphatic carbocycles. The van der Waals surface area contributed by atoms with Crippen LogP contribution in [-0.4, -0.2) is 27.9 Å². The number of para-hydroxylation sites is 1. The van der Waals surface area contributed by atoms with Gasteiger partial charge in [0.25, 0.3) is 0 Å². The van der Waals surface area contributed by atoms with Gasteiger partial charge < -0.3 is 10.1 Å². The van der Waals surface area contributed by atoms with E-state index in [0.717, 1.165) is 15.7 Å². The van der Waals surface area contributed by atoms with Gasteiger partial charge in [-0.1, -0.05) is 29.8 Å². The van der Waals surface area contributed by atoms with E-state index in [9.17, 15) is 4.79 Å². The van der Waals surface area contributed by atoms with Crippen molar-refractivity contribution in [1.82, 2.24) is 20.1 Å². The Balaban J connectivity index is 1.94. The fourth-order valence-corrected chi connectivity index (χ4v) is 3.19. The van der Waals surface area contributed by atoms with Crippen LogP contribution in [0.3, 0.4) is 0 Å². The van der Waals surface area contributed by atoms with E-state index in [1.807, 2.05) is 42.5 Å². The maximum Gasteiger partial charge on any atom is 0.407 e. The van der Waals surface area contributed by atoms with E-state index in [-0.39, 0.29) is 6.61 Å². The van der Waals surface area contributed by atoms with E-state index >= 15 is 0 Å². The molecule has 0 saturated heterocycles. The molecule has 6 nitrogen and oxygen atoms in total. The van der Waals surface area contributed by atoms with Crippen LogP contribution in [0.15, 0.2) is 64.8 Å². The van der Waals surface area contributed by atoms with Crippen LogP contribution in [0, 0.1) is 0 Å². The zero-order valence-electron chi connectivity index (χ0n) is 13.3. The first kappa shape index (κ1) is 17.3. The lowest BCUT2D eigenvalue weighted by atomic mass is 10.3. The molecule has 128 valence electrons. The minimum atomic E-state index is -0.508. The zero-order chi connectivity index (χ0) is 17.6. The predicted molar refractivity (Wildman–Crippen MR) is 96.2 cm³/mol. The summed E-state index contributed by atoms with van der Waals surface area (Å²) in [6, 6.07) is 15.0. The predicted octanol–water partition coefficient (Wildman–Crippen LogP) is 3.93. The fraction of sp³-hybridized carbons (Fsp3) is 0.118. The Labute approximate surface area is 154 Å². The number of alkyl carbamates (subject to hydrolysis) is 1. The number of nitrogens with zero attached hydrogens (tertiary/aromatic N) is 3. The van der Waals surface area contributed by atoms with Crippen molar-refractivity contribution in [3.63, 3.8) is 0 Å². The van der Waals surface area contributed by atoms with E-state index in [0.29, 0.717) is 10.7 Å². The molecule has 0 radical (unpaired) electrons. The summed E-state index contributed by atoms with van der Waals surface area (Å²) in [6.07, 6.45) is 1.22. The topological polar surface area (TPSA) is 69.0 Å². The molecule has 25 heavy (non-hydrogen) atoms. The van der Waals surface area contributed by atoms with Gasteiger partial charge in [0.05, 0.1) is 10.7 Å². The molecular weight excluding hydrogens is 360 g/mol. The summed E-state index contributed by atoms with van der Waals surface area (Å²) in [6.45, 7) is 0.0624. The van der Waals surface area contributed by atoms with Gasteiger partial charge in [0, 0.05) is 13.2 Å².